The molecule has 1 aliphatic rings. The molecular formula is C21H26F2IN3O. The van der Waals surface area contributed by atoms with E-state index in [2.05, 4.69) is 27.3 Å². The van der Waals surface area contributed by atoms with Crippen LogP contribution in [0, 0.1) is 17.6 Å². The zero-order valence-corrected chi connectivity index (χ0v) is 18.2. The van der Waals surface area contributed by atoms with Crippen LogP contribution < -0.4 is 5.32 Å². The molecule has 0 bridgehead atoms. The summed E-state index contributed by atoms with van der Waals surface area (Å²) in [7, 11) is 1.70. The molecule has 2 aromatic carbocycles. The summed E-state index contributed by atoms with van der Waals surface area (Å²) in [4.78, 5) is 6.41. The third kappa shape index (κ3) is 6.41. The van der Waals surface area contributed by atoms with Crippen molar-refractivity contribution >= 4 is 29.9 Å². The zero-order valence-electron chi connectivity index (χ0n) is 15.9. The smallest absolute Gasteiger partial charge is 0.193 e. The second kappa shape index (κ2) is 11.3. The minimum Gasteiger partial charge on any atom is -0.376 e. The van der Waals surface area contributed by atoms with E-state index in [1.54, 1.807) is 7.05 Å². The van der Waals surface area contributed by atoms with Gasteiger partial charge in [-0.3, -0.25) is 4.99 Å². The van der Waals surface area contributed by atoms with Gasteiger partial charge in [-0.2, -0.15) is 0 Å². The molecule has 0 aromatic heterocycles. The van der Waals surface area contributed by atoms with E-state index < -0.39 is 11.6 Å². The molecule has 0 saturated carbocycles. The van der Waals surface area contributed by atoms with Gasteiger partial charge in [0.2, 0.25) is 0 Å². The van der Waals surface area contributed by atoms with E-state index in [4.69, 9.17) is 4.74 Å². The standard InChI is InChI=1S/C21H25F2N3O.HI/c1-24-21(25-12-18-11-19(22)7-8-20(18)23)26-10-9-17(13-26)15-27-14-16-5-3-2-4-6-16;/h2-8,11,17H,9-10,12-15H2,1H3,(H,24,25);1H. The molecule has 152 valence electrons. The predicted octanol–water partition coefficient (Wildman–Crippen LogP) is 4.20. The maximum absolute atomic E-state index is 13.8. The second-order valence-corrected chi connectivity index (χ2v) is 6.74. The first-order chi connectivity index (χ1) is 13.2. The van der Waals surface area contributed by atoms with E-state index in [-0.39, 0.29) is 36.1 Å². The van der Waals surface area contributed by atoms with E-state index in [1.807, 2.05) is 18.2 Å². The lowest BCUT2D eigenvalue weighted by Gasteiger charge is -2.22. The van der Waals surface area contributed by atoms with Crippen molar-refractivity contribution in [1.82, 2.24) is 10.2 Å². The molecule has 0 spiro atoms. The van der Waals surface area contributed by atoms with E-state index in [1.165, 1.54) is 11.6 Å². The topological polar surface area (TPSA) is 36.9 Å². The van der Waals surface area contributed by atoms with E-state index in [0.29, 0.717) is 25.1 Å². The van der Waals surface area contributed by atoms with Gasteiger partial charge in [-0.15, -0.1) is 24.0 Å². The summed E-state index contributed by atoms with van der Waals surface area (Å²) < 4.78 is 32.9. The molecule has 1 saturated heterocycles. The Bertz CT molecular complexity index is 774. The molecule has 4 nitrogen and oxygen atoms in total. The van der Waals surface area contributed by atoms with Crippen LogP contribution in [0.25, 0.3) is 0 Å². The number of rotatable bonds is 6. The van der Waals surface area contributed by atoms with Crippen LogP contribution in [0.5, 0.6) is 0 Å². The Balaban J connectivity index is 0.00000280. The lowest BCUT2D eigenvalue weighted by atomic mass is 10.1. The van der Waals surface area contributed by atoms with Crippen LogP contribution in [0.2, 0.25) is 0 Å². The number of benzene rings is 2. The van der Waals surface area contributed by atoms with Gasteiger partial charge in [-0.1, -0.05) is 30.3 Å². The van der Waals surface area contributed by atoms with Gasteiger partial charge in [0.25, 0.3) is 0 Å². The quantitative estimate of drug-likeness (QED) is 0.367. The van der Waals surface area contributed by atoms with Gasteiger partial charge < -0.3 is 15.0 Å². The van der Waals surface area contributed by atoms with Crippen molar-refractivity contribution in [2.24, 2.45) is 10.9 Å². The van der Waals surface area contributed by atoms with E-state index in [9.17, 15) is 8.78 Å². The van der Waals surface area contributed by atoms with Gasteiger partial charge in [0.1, 0.15) is 11.6 Å². The number of guanidine groups is 1. The van der Waals surface area contributed by atoms with Crippen LogP contribution in [0.15, 0.2) is 53.5 Å². The predicted molar refractivity (Wildman–Crippen MR) is 118 cm³/mol. The summed E-state index contributed by atoms with van der Waals surface area (Å²) in [6.07, 6.45) is 1.02. The molecule has 1 heterocycles. The van der Waals surface area contributed by atoms with Crippen molar-refractivity contribution in [2.75, 3.05) is 26.7 Å². The fourth-order valence-corrected chi connectivity index (χ4v) is 3.26. The first-order valence-corrected chi connectivity index (χ1v) is 9.17. The van der Waals surface area contributed by atoms with Crippen LogP contribution in [-0.4, -0.2) is 37.6 Å². The number of aliphatic imine (C=N–C) groups is 1. The maximum Gasteiger partial charge on any atom is 0.193 e. The zero-order chi connectivity index (χ0) is 19.1. The van der Waals surface area contributed by atoms with Crippen molar-refractivity contribution in [3.05, 3.63) is 71.3 Å². The number of ether oxygens (including phenoxy) is 1. The minimum atomic E-state index is -0.444. The molecule has 0 amide bonds. The second-order valence-electron chi connectivity index (χ2n) is 6.74. The Labute approximate surface area is 182 Å². The summed E-state index contributed by atoms with van der Waals surface area (Å²) in [6.45, 7) is 3.21. The molecule has 1 fully saturated rings. The third-order valence-electron chi connectivity index (χ3n) is 4.71. The first-order valence-electron chi connectivity index (χ1n) is 9.17. The van der Waals surface area contributed by atoms with E-state index >= 15 is 0 Å². The van der Waals surface area contributed by atoms with Gasteiger partial charge in [0, 0.05) is 38.2 Å². The summed E-state index contributed by atoms with van der Waals surface area (Å²) >= 11 is 0. The lowest BCUT2D eigenvalue weighted by molar-refractivity contribution is 0.0906. The average molecular weight is 501 g/mol. The summed E-state index contributed by atoms with van der Waals surface area (Å²) in [5, 5.41) is 3.13. The van der Waals surface area contributed by atoms with Crippen LogP contribution in [0.3, 0.4) is 0 Å². The van der Waals surface area contributed by atoms with Crippen LogP contribution in [0.1, 0.15) is 17.5 Å². The fraction of sp³-hybridized carbons (Fsp3) is 0.381. The molecule has 1 aliphatic heterocycles. The lowest BCUT2D eigenvalue weighted by Crippen LogP contribution is -2.40. The van der Waals surface area contributed by atoms with E-state index in [0.717, 1.165) is 31.6 Å². The Morgan fingerprint density at radius 1 is 1.21 bits per heavy atom. The Hall–Kier alpha value is -1.74. The molecule has 28 heavy (non-hydrogen) atoms. The number of nitrogens with zero attached hydrogens (tertiary/aromatic N) is 2. The summed E-state index contributed by atoms with van der Waals surface area (Å²) in [5.41, 5.74) is 1.46. The largest absolute Gasteiger partial charge is 0.376 e. The van der Waals surface area contributed by atoms with Crippen molar-refractivity contribution in [3.63, 3.8) is 0 Å². The minimum absolute atomic E-state index is 0. The molecule has 1 N–H and O–H groups in total. The number of hydrogen-bond donors (Lipinski definition) is 1. The monoisotopic (exact) mass is 501 g/mol. The molecule has 1 unspecified atom stereocenters. The first kappa shape index (κ1) is 22.5. The molecule has 7 heteroatoms. The average Bonchev–Trinajstić information content (AvgIpc) is 3.14. The highest BCUT2D eigenvalue weighted by Gasteiger charge is 2.25. The highest BCUT2D eigenvalue weighted by molar-refractivity contribution is 14.0. The Morgan fingerprint density at radius 2 is 2.00 bits per heavy atom. The number of hydrogen-bond acceptors (Lipinski definition) is 2. The molecule has 3 rings (SSSR count). The van der Waals surface area contributed by atoms with Crippen molar-refractivity contribution < 1.29 is 13.5 Å². The van der Waals surface area contributed by atoms with Crippen LogP contribution >= 0.6 is 24.0 Å². The SMILES string of the molecule is CN=C(NCc1cc(F)ccc1F)N1CCC(COCc2ccccc2)C1.I. The van der Waals surface area contributed by atoms with Crippen molar-refractivity contribution in [3.8, 4) is 0 Å². The van der Waals surface area contributed by atoms with Gasteiger partial charge in [-0.25, -0.2) is 8.78 Å². The highest BCUT2D eigenvalue weighted by Crippen LogP contribution is 2.18. The summed E-state index contributed by atoms with van der Waals surface area (Å²) in [5.74, 6) is 0.260. The van der Waals surface area contributed by atoms with Gasteiger partial charge in [0.05, 0.1) is 13.2 Å². The number of likely N-dealkylation sites (tertiary alicyclic amines) is 1. The number of halogens is 3. The maximum atomic E-state index is 13.8. The Morgan fingerprint density at radius 3 is 2.75 bits per heavy atom. The Kier molecular flexibility index (Phi) is 9.11. The van der Waals surface area contributed by atoms with Gasteiger partial charge in [-0.05, 0) is 30.2 Å². The molecular weight excluding hydrogens is 475 g/mol. The van der Waals surface area contributed by atoms with Crippen LogP contribution in [0.4, 0.5) is 8.78 Å². The molecule has 2 aromatic rings. The summed E-state index contributed by atoms with van der Waals surface area (Å²) in [6, 6.07) is 13.6. The molecule has 1 atom stereocenters. The van der Waals surface area contributed by atoms with Crippen molar-refractivity contribution in [2.45, 2.75) is 19.6 Å². The molecule has 0 radical (unpaired) electrons. The van der Waals surface area contributed by atoms with Crippen LogP contribution in [-0.2, 0) is 17.9 Å². The third-order valence-corrected chi connectivity index (χ3v) is 4.71. The van der Waals surface area contributed by atoms with Gasteiger partial charge in [0.15, 0.2) is 5.96 Å². The van der Waals surface area contributed by atoms with Gasteiger partial charge >= 0.3 is 0 Å². The normalized spacial score (nSPS) is 16.8. The fourth-order valence-electron chi connectivity index (χ4n) is 3.26. The number of nitrogens with one attached hydrogen (secondary N) is 1. The van der Waals surface area contributed by atoms with Crippen molar-refractivity contribution in [1.29, 1.82) is 0 Å². The molecule has 0 aliphatic carbocycles. The highest BCUT2D eigenvalue weighted by atomic mass is 127.